The smallest absolute Gasteiger partial charge is 0.217 e. The quantitative estimate of drug-likeness (QED) is 0.226. The van der Waals surface area contributed by atoms with Gasteiger partial charge in [-0.1, -0.05) is 0 Å². The third-order valence-electron chi connectivity index (χ3n) is 4.38. The fraction of sp³-hybridized carbons (Fsp3) is 0.929. The summed E-state index contributed by atoms with van der Waals surface area (Å²) in [5, 5.41) is 70.8. The molecular formula is C14H25NO11. The lowest BCUT2D eigenvalue weighted by atomic mass is 9.95. The standard InChI is InChI=1S/C14H25NO11/c1-4(18)15-7-10(21)8(19)5(2-16)25-14(7)26-12-9(20)6(3-17)24-13(23)11(12)22/h5-14,16-17,19-23H,2-3H2,1H3,(H,15,18)/t5-,6+,7+,8-,9+,10+,11+,12-,13+,14+/m1/s1. The zero-order chi connectivity index (χ0) is 19.6. The summed E-state index contributed by atoms with van der Waals surface area (Å²) in [6.45, 7) is -0.199. The maximum Gasteiger partial charge on any atom is 0.217 e. The number of rotatable bonds is 5. The number of hydrogen-bond acceptors (Lipinski definition) is 11. The summed E-state index contributed by atoms with van der Waals surface area (Å²) in [6.07, 6.45) is -13.7. The van der Waals surface area contributed by atoms with Gasteiger partial charge in [0.05, 0.1) is 13.2 Å². The molecule has 10 atom stereocenters. The highest BCUT2D eigenvalue weighted by Crippen LogP contribution is 2.28. The Labute approximate surface area is 148 Å². The summed E-state index contributed by atoms with van der Waals surface area (Å²) in [5.74, 6) is -0.581. The third kappa shape index (κ3) is 4.31. The monoisotopic (exact) mass is 383 g/mol. The van der Waals surface area contributed by atoms with Crippen molar-refractivity contribution in [2.24, 2.45) is 0 Å². The molecule has 2 fully saturated rings. The van der Waals surface area contributed by atoms with E-state index in [2.05, 4.69) is 5.32 Å². The number of amides is 1. The zero-order valence-corrected chi connectivity index (χ0v) is 14.0. The highest BCUT2D eigenvalue weighted by Gasteiger charge is 2.50. The van der Waals surface area contributed by atoms with Crippen LogP contribution in [0.2, 0.25) is 0 Å². The lowest BCUT2D eigenvalue weighted by molar-refractivity contribution is -0.341. The van der Waals surface area contributed by atoms with E-state index in [1.54, 1.807) is 0 Å². The van der Waals surface area contributed by atoms with Gasteiger partial charge in [0.25, 0.3) is 0 Å². The van der Waals surface area contributed by atoms with Crippen molar-refractivity contribution < 1.29 is 54.8 Å². The van der Waals surface area contributed by atoms with Crippen molar-refractivity contribution in [2.45, 2.75) is 68.3 Å². The molecule has 152 valence electrons. The van der Waals surface area contributed by atoms with E-state index in [1.165, 1.54) is 0 Å². The molecule has 0 bridgehead atoms. The largest absolute Gasteiger partial charge is 0.394 e. The molecule has 2 heterocycles. The van der Waals surface area contributed by atoms with Crippen LogP contribution in [0.1, 0.15) is 6.92 Å². The molecule has 0 aromatic heterocycles. The van der Waals surface area contributed by atoms with Gasteiger partial charge in [-0.25, -0.2) is 0 Å². The summed E-state index contributed by atoms with van der Waals surface area (Å²) in [4.78, 5) is 11.4. The van der Waals surface area contributed by atoms with E-state index in [9.17, 15) is 40.5 Å². The van der Waals surface area contributed by atoms with Crippen LogP contribution in [0.4, 0.5) is 0 Å². The first kappa shape index (κ1) is 21.4. The first-order valence-electron chi connectivity index (χ1n) is 8.06. The summed E-state index contributed by atoms with van der Waals surface area (Å²) >= 11 is 0. The van der Waals surface area contributed by atoms with Crippen molar-refractivity contribution in [1.82, 2.24) is 5.32 Å². The van der Waals surface area contributed by atoms with Gasteiger partial charge < -0.3 is 55.3 Å². The Hall–Kier alpha value is -0.930. The third-order valence-corrected chi connectivity index (χ3v) is 4.38. The van der Waals surface area contributed by atoms with Gasteiger partial charge in [-0.15, -0.1) is 0 Å². The first-order chi connectivity index (χ1) is 12.2. The van der Waals surface area contributed by atoms with E-state index >= 15 is 0 Å². The zero-order valence-electron chi connectivity index (χ0n) is 14.0. The van der Waals surface area contributed by atoms with Crippen LogP contribution >= 0.6 is 0 Å². The SMILES string of the molecule is CC(=O)N[C@@H]1[C@H](O[C@@H]2[C@@H](O)[C@H](CO)O[C@H](O)[C@H]2O)O[C@H](CO)[C@@H](O)[C@H]1O. The molecule has 0 aromatic rings. The van der Waals surface area contributed by atoms with E-state index in [-0.39, 0.29) is 0 Å². The molecule has 12 nitrogen and oxygen atoms in total. The summed E-state index contributed by atoms with van der Waals surface area (Å²) in [7, 11) is 0. The van der Waals surface area contributed by atoms with Crippen LogP contribution in [-0.4, -0.2) is 116 Å². The van der Waals surface area contributed by atoms with Gasteiger partial charge in [-0.05, 0) is 0 Å². The second-order valence-electron chi connectivity index (χ2n) is 6.26. The van der Waals surface area contributed by atoms with Gasteiger partial charge in [0.1, 0.15) is 48.8 Å². The maximum atomic E-state index is 11.4. The fourth-order valence-corrected chi connectivity index (χ4v) is 2.97. The Morgan fingerprint density at radius 1 is 0.923 bits per heavy atom. The van der Waals surface area contributed by atoms with Crippen molar-refractivity contribution in [1.29, 1.82) is 0 Å². The second-order valence-corrected chi connectivity index (χ2v) is 6.26. The maximum absolute atomic E-state index is 11.4. The molecular weight excluding hydrogens is 358 g/mol. The van der Waals surface area contributed by atoms with Crippen LogP contribution in [0.5, 0.6) is 0 Å². The molecule has 0 radical (unpaired) electrons. The average Bonchev–Trinajstić information content (AvgIpc) is 2.60. The van der Waals surface area contributed by atoms with E-state index < -0.39 is 80.5 Å². The molecule has 2 aliphatic heterocycles. The number of carbonyl (C=O) groups is 1. The molecule has 2 rings (SSSR count). The Kier molecular flexibility index (Phi) is 7.27. The van der Waals surface area contributed by atoms with Crippen molar-refractivity contribution in [2.75, 3.05) is 13.2 Å². The van der Waals surface area contributed by atoms with E-state index in [0.29, 0.717) is 0 Å². The van der Waals surface area contributed by atoms with Crippen LogP contribution in [0.3, 0.4) is 0 Å². The minimum Gasteiger partial charge on any atom is -0.394 e. The predicted molar refractivity (Wildman–Crippen MR) is 80.2 cm³/mol. The molecule has 2 saturated heterocycles. The van der Waals surface area contributed by atoms with Crippen molar-refractivity contribution in [3.05, 3.63) is 0 Å². The number of nitrogens with one attached hydrogen (secondary N) is 1. The lowest BCUT2D eigenvalue weighted by Gasteiger charge is -2.46. The van der Waals surface area contributed by atoms with Gasteiger partial charge in [0.15, 0.2) is 12.6 Å². The van der Waals surface area contributed by atoms with Crippen molar-refractivity contribution >= 4 is 5.91 Å². The average molecular weight is 383 g/mol. The first-order valence-corrected chi connectivity index (χ1v) is 8.06. The molecule has 2 aliphatic rings. The van der Waals surface area contributed by atoms with Gasteiger partial charge in [-0.3, -0.25) is 4.79 Å². The Balaban J connectivity index is 2.22. The molecule has 12 heteroatoms. The molecule has 1 amide bonds. The predicted octanol–water partition coefficient (Wildman–Crippen LogP) is -5.25. The minimum atomic E-state index is -1.77. The summed E-state index contributed by atoms with van der Waals surface area (Å²) < 4.78 is 15.6. The number of hydrogen-bond donors (Lipinski definition) is 8. The molecule has 0 unspecified atom stereocenters. The number of ether oxygens (including phenoxy) is 3. The Bertz CT molecular complexity index is 480. The van der Waals surface area contributed by atoms with Crippen LogP contribution < -0.4 is 5.32 Å². The summed E-state index contributed by atoms with van der Waals surface area (Å²) in [6, 6.07) is -1.29. The topological polar surface area (TPSA) is 198 Å². The Morgan fingerprint density at radius 3 is 2.04 bits per heavy atom. The highest BCUT2D eigenvalue weighted by molar-refractivity contribution is 5.73. The lowest BCUT2D eigenvalue weighted by Crippen LogP contribution is -2.67. The van der Waals surface area contributed by atoms with Crippen LogP contribution in [0, 0.1) is 0 Å². The van der Waals surface area contributed by atoms with Crippen molar-refractivity contribution in [3.63, 3.8) is 0 Å². The highest BCUT2D eigenvalue weighted by atomic mass is 16.7. The second kappa shape index (κ2) is 8.84. The van der Waals surface area contributed by atoms with Crippen LogP contribution in [-0.2, 0) is 19.0 Å². The summed E-state index contributed by atoms with van der Waals surface area (Å²) in [5.41, 5.74) is 0. The molecule has 8 N–H and O–H groups in total. The Morgan fingerprint density at radius 2 is 1.50 bits per heavy atom. The normalized spacial score (nSPS) is 46.8. The minimum absolute atomic E-state index is 0.581. The van der Waals surface area contributed by atoms with Gasteiger partial charge >= 0.3 is 0 Å². The van der Waals surface area contributed by atoms with E-state index in [4.69, 9.17) is 14.2 Å². The van der Waals surface area contributed by atoms with Gasteiger partial charge in [0, 0.05) is 6.92 Å². The van der Waals surface area contributed by atoms with Gasteiger partial charge in [0.2, 0.25) is 5.91 Å². The van der Waals surface area contributed by atoms with Crippen molar-refractivity contribution in [3.8, 4) is 0 Å². The fourth-order valence-electron chi connectivity index (χ4n) is 2.97. The molecule has 0 aromatic carbocycles. The van der Waals surface area contributed by atoms with E-state index in [1.807, 2.05) is 0 Å². The molecule has 0 aliphatic carbocycles. The number of aliphatic hydroxyl groups excluding tert-OH is 7. The number of aliphatic hydroxyl groups is 7. The van der Waals surface area contributed by atoms with E-state index in [0.717, 1.165) is 6.92 Å². The molecule has 0 saturated carbocycles. The van der Waals surface area contributed by atoms with Crippen LogP contribution in [0.15, 0.2) is 0 Å². The van der Waals surface area contributed by atoms with Crippen LogP contribution in [0.25, 0.3) is 0 Å². The molecule has 0 spiro atoms. The molecule has 26 heavy (non-hydrogen) atoms. The number of carbonyl (C=O) groups excluding carboxylic acids is 1. The van der Waals surface area contributed by atoms with Gasteiger partial charge in [-0.2, -0.15) is 0 Å².